The van der Waals surface area contributed by atoms with Crippen LogP contribution in [0.4, 0.5) is 5.69 Å². The van der Waals surface area contributed by atoms with E-state index in [1.165, 1.54) is 5.56 Å². The summed E-state index contributed by atoms with van der Waals surface area (Å²) >= 11 is 0. The molecule has 0 atom stereocenters. The number of amides is 1. The zero-order valence-electron chi connectivity index (χ0n) is 13.6. The van der Waals surface area contributed by atoms with Crippen LogP contribution in [0.1, 0.15) is 25.0 Å². The van der Waals surface area contributed by atoms with Gasteiger partial charge in [0.1, 0.15) is 0 Å². The van der Waals surface area contributed by atoms with Crippen molar-refractivity contribution in [3.8, 4) is 0 Å². The summed E-state index contributed by atoms with van der Waals surface area (Å²) in [5.41, 5.74) is 3.30. The van der Waals surface area contributed by atoms with Crippen molar-refractivity contribution in [1.82, 2.24) is 4.98 Å². The molecule has 0 bridgehead atoms. The van der Waals surface area contributed by atoms with E-state index in [9.17, 15) is 4.79 Å². The van der Waals surface area contributed by atoms with Crippen molar-refractivity contribution in [2.24, 2.45) is 0 Å². The molecule has 1 heterocycles. The summed E-state index contributed by atoms with van der Waals surface area (Å²) in [5, 5.41) is 4.03. The van der Waals surface area contributed by atoms with Crippen molar-refractivity contribution in [1.29, 1.82) is 0 Å². The van der Waals surface area contributed by atoms with Crippen LogP contribution in [-0.2, 0) is 10.2 Å². The second-order valence-corrected chi connectivity index (χ2v) is 6.36. The van der Waals surface area contributed by atoms with Crippen molar-refractivity contribution in [3.63, 3.8) is 0 Å². The van der Waals surface area contributed by atoms with E-state index < -0.39 is 5.41 Å². The van der Waals surface area contributed by atoms with Gasteiger partial charge in [-0.2, -0.15) is 0 Å². The number of hydrogen-bond donors (Lipinski definition) is 1. The molecule has 23 heavy (non-hydrogen) atoms. The minimum atomic E-state index is -0.600. The van der Waals surface area contributed by atoms with Gasteiger partial charge in [0.2, 0.25) is 5.91 Å². The van der Waals surface area contributed by atoms with E-state index in [-0.39, 0.29) is 5.91 Å². The standard InChI is InChI=1S/C20H20N2O/c1-14-6-8-16(9-7-14)20(2,3)19(23)22-17-10-11-18-15(13-17)5-4-12-21-18/h4-13H,1-3H3,(H,22,23). The van der Waals surface area contributed by atoms with Gasteiger partial charge in [0, 0.05) is 17.3 Å². The summed E-state index contributed by atoms with van der Waals surface area (Å²) in [6.45, 7) is 5.92. The number of rotatable bonds is 3. The highest BCUT2D eigenvalue weighted by Crippen LogP contribution is 2.26. The largest absolute Gasteiger partial charge is 0.325 e. The first-order valence-electron chi connectivity index (χ1n) is 7.70. The van der Waals surface area contributed by atoms with Gasteiger partial charge in [0.05, 0.1) is 10.9 Å². The third-order valence-electron chi connectivity index (χ3n) is 4.20. The number of pyridine rings is 1. The highest BCUT2D eigenvalue weighted by Gasteiger charge is 2.29. The first kappa shape index (κ1) is 15.2. The zero-order valence-corrected chi connectivity index (χ0v) is 13.6. The predicted octanol–water partition coefficient (Wildman–Crippen LogP) is 4.46. The van der Waals surface area contributed by atoms with Gasteiger partial charge < -0.3 is 5.32 Å². The van der Waals surface area contributed by atoms with E-state index in [0.717, 1.165) is 22.2 Å². The van der Waals surface area contributed by atoms with Crippen LogP contribution in [0.25, 0.3) is 10.9 Å². The molecule has 0 aliphatic heterocycles. The molecule has 3 aromatic rings. The molecule has 0 aliphatic rings. The normalized spacial score (nSPS) is 11.4. The number of nitrogens with one attached hydrogen (secondary N) is 1. The zero-order chi connectivity index (χ0) is 16.4. The summed E-state index contributed by atoms with van der Waals surface area (Å²) in [7, 11) is 0. The van der Waals surface area contributed by atoms with Gasteiger partial charge in [0.25, 0.3) is 0 Å². The molecule has 1 aromatic heterocycles. The number of aryl methyl sites for hydroxylation is 1. The molecule has 1 amide bonds. The molecule has 3 nitrogen and oxygen atoms in total. The number of fused-ring (bicyclic) bond motifs is 1. The van der Waals surface area contributed by atoms with Crippen LogP contribution in [0, 0.1) is 6.92 Å². The number of benzene rings is 2. The fraction of sp³-hybridized carbons (Fsp3) is 0.200. The molecule has 0 saturated heterocycles. The Kier molecular flexibility index (Phi) is 3.87. The monoisotopic (exact) mass is 304 g/mol. The number of hydrogen-bond acceptors (Lipinski definition) is 2. The summed E-state index contributed by atoms with van der Waals surface area (Å²) in [6.07, 6.45) is 1.76. The van der Waals surface area contributed by atoms with Crippen molar-refractivity contribution in [2.75, 3.05) is 5.32 Å². The first-order chi connectivity index (χ1) is 11.0. The second kappa shape index (κ2) is 5.84. The Morgan fingerprint density at radius 3 is 2.52 bits per heavy atom. The molecule has 3 rings (SSSR count). The molecule has 0 radical (unpaired) electrons. The Hall–Kier alpha value is -2.68. The fourth-order valence-corrected chi connectivity index (χ4v) is 2.54. The number of nitrogens with zero attached hydrogens (tertiary/aromatic N) is 1. The minimum Gasteiger partial charge on any atom is -0.325 e. The van der Waals surface area contributed by atoms with E-state index in [4.69, 9.17) is 0 Å². The van der Waals surface area contributed by atoms with Gasteiger partial charge in [-0.05, 0) is 50.6 Å². The van der Waals surface area contributed by atoms with E-state index in [0.29, 0.717) is 0 Å². The van der Waals surface area contributed by atoms with E-state index in [2.05, 4.69) is 10.3 Å². The lowest BCUT2D eigenvalue weighted by atomic mass is 9.83. The van der Waals surface area contributed by atoms with Crippen LogP contribution in [0.3, 0.4) is 0 Å². The van der Waals surface area contributed by atoms with Crippen LogP contribution in [0.2, 0.25) is 0 Å². The maximum absolute atomic E-state index is 12.7. The Morgan fingerprint density at radius 2 is 1.78 bits per heavy atom. The quantitative estimate of drug-likeness (QED) is 0.776. The molecule has 0 aliphatic carbocycles. The third kappa shape index (κ3) is 3.09. The van der Waals surface area contributed by atoms with Crippen LogP contribution < -0.4 is 5.32 Å². The fourth-order valence-electron chi connectivity index (χ4n) is 2.54. The lowest BCUT2D eigenvalue weighted by Gasteiger charge is -2.24. The molecule has 0 spiro atoms. The third-order valence-corrected chi connectivity index (χ3v) is 4.20. The van der Waals surface area contributed by atoms with Crippen LogP contribution in [0.5, 0.6) is 0 Å². The van der Waals surface area contributed by atoms with Crippen LogP contribution >= 0.6 is 0 Å². The highest BCUT2D eigenvalue weighted by atomic mass is 16.2. The van der Waals surface area contributed by atoms with Gasteiger partial charge in [0.15, 0.2) is 0 Å². The predicted molar refractivity (Wildman–Crippen MR) is 94.6 cm³/mol. The Morgan fingerprint density at radius 1 is 1.04 bits per heavy atom. The maximum atomic E-state index is 12.7. The number of carbonyl (C=O) groups excluding carboxylic acids is 1. The molecule has 0 unspecified atom stereocenters. The van der Waals surface area contributed by atoms with E-state index in [1.807, 2.05) is 75.4 Å². The lowest BCUT2D eigenvalue weighted by Crippen LogP contribution is -2.34. The summed E-state index contributed by atoms with van der Waals surface area (Å²) in [4.78, 5) is 17.0. The van der Waals surface area contributed by atoms with Crippen molar-refractivity contribution in [2.45, 2.75) is 26.2 Å². The summed E-state index contributed by atoms with van der Waals surface area (Å²) < 4.78 is 0. The first-order valence-corrected chi connectivity index (χ1v) is 7.70. The van der Waals surface area contributed by atoms with Gasteiger partial charge in [-0.1, -0.05) is 35.9 Å². The molecule has 0 fully saturated rings. The summed E-state index contributed by atoms with van der Waals surface area (Å²) in [6, 6.07) is 17.7. The van der Waals surface area contributed by atoms with Gasteiger partial charge in [-0.15, -0.1) is 0 Å². The highest BCUT2D eigenvalue weighted by molar-refractivity contribution is 5.99. The molecular formula is C20H20N2O. The van der Waals surface area contributed by atoms with Gasteiger partial charge in [-0.3, -0.25) is 9.78 Å². The Bertz CT molecular complexity index is 851. The smallest absolute Gasteiger partial charge is 0.234 e. The molecular weight excluding hydrogens is 284 g/mol. The minimum absolute atomic E-state index is 0.0235. The average Bonchev–Trinajstić information content (AvgIpc) is 2.55. The molecule has 0 saturated carbocycles. The van der Waals surface area contributed by atoms with E-state index in [1.54, 1.807) is 6.20 Å². The molecule has 2 aromatic carbocycles. The Labute approximate surface area is 136 Å². The maximum Gasteiger partial charge on any atom is 0.234 e. The SMILES string of the molecule is Cc1ccc(C(C)(C)C(=O)Nc2ccc3ncccc3c2)cc1. The Balaban J connectivity index is 1.85. The number of carbonyl (C=O) groups is 1. The topological polar surface area (TPSA) is 42.0 Å². The van der Waals surface area contributed by atoms with Gasteiger partial charge in [-0.25, -0.2) is 0 Å². The second-order valence-electron chi connectivity index (χ2n) is 6.36. The van der Waals surface area contributed by atoms with Crippen molar-refractivity contribution < 1.29 is 4.79 Å². The van der Waals surface area contributed by atoms with Crippen molar-refractivity contribution >= 4 is 22.5 Å². The molecule has 116 valence electrons. The lowest BCUT2D eigenvalue weighted by molar-refractivity contribution is -0.120. The van der Waals surface area contributed by atoms with Gasteiger partial charge >= 0.3 is 0 Å². The van der Waals surface area contributed by atoms with Crippen LogP contribution in [-0.4, -0.2) is 10.9 Å². The molecule has 1 N–H and O–H groups in total. The molecule has 3 heteroatoms. The van der Waals surface area contributed by atoms with Crippen molar-refractivity contribution in [3.05, 3.63) is 71.9 Å². The number of aromatic nitrogens is 1. The van der Waals surface area contributed by atoms with Crippen LogP contribution in [0.15, 0.2) is 60.8 Å². The average molecular weight is 304 g/mol. The van der Waals surface area contributed by atoms with E-state index >= 15 is 0 Å². The number of anilines is 1. The summed E-state index contributed by atoms with van der Waals surface area (Å²) in [5.74, 6) is -0.0235.